The van der Waals surface area contributed by atoms with Gasteiger partial charge in [0.2, 0.25) is 0 Å². The Morgan fingerprint density at radius 1 is 1.69 bits per heavy atom. The molecule has 1 fully saturated rings. The molecular weight excluding hydrogens is 166 g/mol. The number of aryl methyl sites for hydroxylation is 1. The first-order valence-corrected chi connectivity index (χ1v) is 4.69. The average Bonchev–Trinajstić information content (AvgIpc) is 2.59. The van der Waals surface area contributed by atoms with E-state index in [1.165, 1.54) is 0 Å². The van der Waals surface area contributed by atoms with Crippen LogP contribution >= 0.6 is 0 Å². The third kappa shape index (κ3) is 1.35. The third-order valence-electron chi connectivity index (χ3n) is 2.93. The van der Waals surface area contributed by atoms with E-state index in [-0.39, 0.29) is 0 Å². The number of aliphatic hydroxyl groups is 1. The zero-order valence-electron chi connectivity index (χ0n) is 8.06. The molecule has 0 spiro atoms. The number of aromatic nitrogens is 3. The Hall–Kier alpha value is -0.900. The molecule has 4 heteroatoms. The Morgan fingerprint density at radius 2 is 2.46 bits per heavy atom. The van der Waals surface area contributed by atoms with Crippen molar-refractivity contribution < 1.29 is 5.11 Å². The highest BCUT2D eigenvalue weighted by atomic mass is 16.3. The fourth-order valence-corrected chi connectivity index (χ4v) is 2.21. The van der Waals surface area contributed by atoms with Gasteiger partial charge in [0.15, 0.2) is 0 Å². The maximum atomic E-state index is 10.3. The van der Waals surface area contributed by atoms with Crippen molar-refractivity contribution in [3.05, 3.63) is 11.9 Å². The fraction of sp³-hybridized carbons (Fsp3) is 0.778. The average molecular weight is 181 g/mol. The van der Waals surface area contributed by atoms with Crippen LogP contribution in [0.3, 0.4) is 0 Å². The molecule has 1 N–H and O–H groups in total. The molecule has 1 aromatic rings. The Bertz CT molecular complexity index is 310. The molecule has 1 aromatic heterocycles. The first kappa shape index (κ1) is 8.69. The van der Waals surface area contributed by atoms with Crippen LogP contribution < -0.4 is 0 Å². The minimum absolute atomic E-state index is 0.597. The zero-order chi connectivity index (χ0) is 9.47. The van der Waals surface area contributed by atoms with Gasteiger partial charge >= 0.3 is 0 Å². The summed E-state index contributed by atoms with van der Waals surface area (Å²) in [5.74, 6) is 0.597. The predicted molar refractivity (Wildman–Crippen MR) is 47.9 cm³/mol. The van der Waals surface area contributed by atoms with Crippen molar-refractivity contribution in [1.29, 1.82) is 0 Å². The van der Waals surface area contributed by atoms with E-state index in [1.54, 1.807) is 10.9 Å². The lowest BCUT2D eigenvalue weighted by Crippen LogP contribution is -2.25. The van der Waals surface area contributed by atoms with Gasteiger partial charge in [0.1, 0.15) is 5.60 Å². The van der Waals surface area contributed by atoms with Crippen LogP contribution in [0, 0.1) is 5.92 Å². The van der Waals surface area contributed by atoms with E-state index in [4.69, 9.17) is 0 Å². The smallest absolute Gasteiger partial charge is 0.108 e. The van der Waals surface area contributed by atoms with Crippen molar-refractivity contribution >= 4 is 0 Å². The second-order valence-corrected chi connectivity index (χ2v) is 4.12. The van der Waals surface area contributed by atoms with E-state index < -0.39 is 5.60 Å². The molecule has 2 rings (SSSR count). The van der Waals surface area contributed by atoms with Gasteiger partial charge in [0.05, 0.1) is 11.9 Å². The highest BCUT2D eigenvalue weighted by Crippen LogP contribution is 2.41. The second kappa shape index (κ2) is 2.80. The summed E-state index contributed by atoms with van der Waals surface area (Å²) in [7, 11) is 1.82. The molecule has 72 valence electrons. The van der Waals surface area contributed by atoms with Crippen molar-refractivity contribution in [3.8, 4) is 0 Å². The Balaban J connectivity index is 2.30. The van der Waals surface area contributed by atoms with Crippen molar-refractivity contribution in [1.82, 2.24) is 15.0 Å². The Morgan fingerprint density at radius 3 is 2.92 bits per heavy atom. The zero-order valence-corrected chi connectivity index (χ0v) is 8.06. The minimum atomic E-state index is -0.683. The molecule has 1 aliphatic carbocycles. The predicted octanol–water partition coefficient (Wildman–Crippen LogP) is 0.823. The number of nitrogens with zero attached hydrogens (tertiary/aromatic N) is 3. The molecule has 2 atom stereocenters. The molecule has 1 aliphatic rings. The minimum Gasteiger partial charge on any atom is -0.383 e. The lowest BCUT2D eigenvalue weighted by molar-refractivity contribution is 0.0324. The lowest BCUT2D eigenvalue weighted by atomic mass is 9.97. The molecule has 0 aromatic carbocycles. The number of hydrogen-bond donors (Lipinski definition) is 1. The summed E-state index contributed by atoms with van der Waals surface area (Å²) in [6.07, 6.45) is 4.41. The molecule has 13 heavy (non-hydrogen) atoms. The molecule has 4 nitrogen and oxygen atoms in total. The standard InChI is InChI=1S/C9H15N3O/c1-7-3-4-9(13,5-7)8-6-10-11-12(8)2/h6-7,13H,3-5H2,1-2H3. The van der Waals surface area contributed by atoms with Crippen LogP contribution in [0.1, 0.15) is 31.9 Å². The van der Waals surface area contributed by atoms with Gasteiger partial charge in [-0.25, -0.2) is 4.68 Å². The molecular formula is C9H15N3O. The topological polar surface area (TPSA) is 50.9 Å². The van der Waals surface area contributed by atoms with E-state index in [0.717, 1.165) is 25.0 Å². The highest BCUT2D eigenvalue weighted by Gasteiger charge is 2.39. The molecule has 0 saturated heterocycles. The van der Waals surface area contributed by atoms with Crippen LogP contribution in [0.5, 0.6) is 0 Å². The Labute approximate surface area is 77.6 Å². The van der Waals surface area contributed by atoms with Gasteiger partial charge in [-0.2, -0.15) is 0 Å². The van der Waals surface area contributed by atoms with Gasteiger partial charge in [-0.1, -0.05) is 12.1 Å². The summed E-state index contributed by atoms with van der Waals surface area (Å²) in [6.45, 7) is 2.17. The summed E-state index contributed by atoms with van der Waals surface area (Å²) in [4.78, 5) is 0. The van der Waals surface area contributed by atoms with Gasteiger partial charge in [-0.3, -0.25) is 0 Å². The largest absolute Gasteiger partial charge is 0.383 e. The van der Waals surface area contributed by atoms with Crippen molar-refractivity contribution in [2.45, 2.75) is 31.8 Å². The first-order valence-electron chi connectivity index (χ1n) is 4.69. The summed E-state index contributed by atoms with van der Waals surface area (Å²) in [6, 6.07) is 0. The maximum absolute atomic E-state index is 10.3. The monoisotopic (exact) mass is 181 g/mol. The lowest BCUT2D eigenvalue weighted by Gasteiger charge is -2.21. The number of hydrogen-bond acceptors (Lipinski definition) is 3. The molecule has 1 saturated carbocycles. The van der Waals surface area contributed by atoms with Crippen molar-refractivity contribution in [2.24, 2.45) is 13.0 Å². The SMILES string of the molecule is CC1CCC(O)(c2cnnn2C)C1. The van der Waals surface area contributed by atoms with E-state index in [1.807, 2.05) is 7.05 Å². The van der Waals surface area contributed by atoms with Crippen molar-refractivity contribution in [3.63, 3.8) is 0 Å². The van der Waals surface area contributed by atoms with Gasteiger partial charge in [-0.05, 0) is 25.2 Å². The first-order chi connectivity index (χ1) is 6.12. The van der Waals surface area contributed by atoms with E-state index >= 15 is 0 Å². The van der Waals surface area contributed by atoms with Crippen LogP contribution in [-0.4, -0.2) is 20.1 Å². The van der Waals surface area contributed by atoms with Gasteiger partial charge in [0.25, 0.3) is 0 Å². The maximum Gasteiger partial charge on any atom is 0.108 e. The van der Waals surface area contributed by atoms with Gasteiger partial charge in [0, 0.05) is 7.05 Å². The van der Waals surface area contributed by atoms with Crippen molar-refractivity contribution in [2.75, 3.05) is 0 Å². The summed E-state index contributed by atoms with van der Waals surface area (Å²) < 4.78 is 1.66. The number of rotatable bonds is 1. The summed E-state index contributed by atoms with van der Waals surface area (Å²) >= 11 is 0. The van der Waals surface area contributed by atoms with Crippen LogP contribution in [0.2, 0.25) is 0 Å². The molecule has 0 bridgehead atoms. The van der Waals surface area contributed by atoms with Crippen LogP contribution in [-0.2, 0) is 12.6 Å². The van der Waals surface area contributed by atoms with Gasteiger partial charge in [-0.15, -0.1) is 5.10 Å². The molecule has 1 heterocycles. The third-order valence-corrected chi connectivity index (χ3v) is 2.93. The molecule has 0 aliphatic heterocycles. The van der Waals surface area contributed by atoms with E-state index in [9.17, 15) is 5.11 Å². The molecule has 0 radical (unpaired) electrons. The summed E-state index contributed by atoms with van der Waals surface area (Å²) in [5.41, 5.74) is 0.161. The van der Waals surface area contributed by atoms with Crippen LogP contribution in [0.15, 0.2) is 6.20 Å². The van der Waals surface area contributed by atoms with E-state index in [2.05, 4.69) is 17.2 Å². The van der Waals surface area contributed by atoms with E-state index in [0.29, 0.717) is 5.92 Å². The second-order valence-electron chi connectivity index (χ2n) is 4.12. The Kier molecular flexibility index (Phi) is 1.87. The summed E-state index contributed by atoms with van der Waals surface area (Å²) in [5, 5.41) is 17.9. The van der Waals surface area contributed by atoms with Gasteiger partial charge < -0.3 is 5.11 Å². The highest BCUT2D eigenvalue weighted by molar-refractivity contribution is 5.10. The van der Waals surface area contributed by atoms with Crippen LogP contribution in [0.25, 0.3) is 0 Å². The normalized spacial score (nSPS) is 33.9. The van der Waals surface area contributed by atoms with Crippen LogP contribution in [0.4, 0.5) is 0 Å². The quantitative estimate of drug-likeness (QED) is 0.698. The molecule has 2 unspecified atom stereocenters. The fourth-order valence-electron chi connectivity index (χ4n) is 2.21. The molecule has 0 amide bonds.